The number of nitrogens with one attached hydrogen (secondary N) is 3. The van der Waals surface area contributed by atoms with Gasteiger partial charge in [-0.05, 0) is 47.0 Å². The Bertz CT molecular complexity index is 1440. The van der Waals surface area contributed by atoms with Crippen LogP contribution in [0.25, 0.3) is 27.8 Å². The Morgan fingerprint density at radius 3 is 2.71 bits per heavy atom. The minimum absolute atomic E-state index is 0.0919. The van der Waals surface area contributed by atoms with Crippen molar-refractivity contribution < 1.29 is 4.79 Å². The molecule has 5 rings (SSSR count). The first-order valence-electron chi connectivity index (χ1n) is 11.0. The van der Waals surface area contributed by atoms with Crippen molar-refractivity contribution in [1.82, 2.24) is 24.9 Å². The first kappa shape index (κ1) is 22.4. The Kier molecular flexibility index (Phi) is 6.51. The fourth-order valence-corrected chi connectivity index (χ4v) is 4.41. The highest BCUT2D eigenvalue weighted by Crippen LogP contribution is 2.30. The van der Waals surface area contributed by atoms with Crippen LogP contribution < -0.4 is 10.6 Å². The van der Waals surface area contributed by atoms with Gasteiger partial charge in [0.25, 0.3) is 5.91 Å². The largest absolute Gasteiger partial charge is 0.370 e. The summed E-state index contributed by atoms with van der Waals surface area (Å²) in [7, 11) is 0. The topological polar surface area (TPSA) is 87.1 Å². The van der Waals surface area contributed by atoms with Crippen LogP contribution in [0.15, 0.2) is 71.3 Å². The average molecular weight is 538 g/mol. The monoisotopic (exact) mass is 536 g/mol. The van der Waals surface area contributed by atoms with E-state index in [1.54, 1.807) is 10.7 Å². The van der Waals surface area contributed by atoms with Crippen LogP contribution in [0.2, 0.25) is 5.02 Å². The van der Waals surface area contributed by atoms with E-state index >= 15 is 0 Å². The zero-order valence-electron chi connectivity index (χ0n) is 18.2. The molecule has 0 atom stereocenters. The molecule has 0 fully saturated rings. The van der Waals surface area contributed by atoms with Gasteiger partial charge >= 0.3 is 0 Å². The number of rotatable bonds is 8. The van der Waals surface area contributed by atoms with E-state index in [0.29, 0.717) is 22.9 Å². The molecule has 0 aliphatic rings. The number of nitrogens with zero attached hydrogens (tertiary/aromatic N) is 3. The van der Waals surface area contributed by atoms with Crippen LogP contribution >= 0.6 is 27.5 Å². The second-order valence-electron chi connectivity index (χ2n) is 7.89. The molecule has 3 heterocycles. The summed E-state index contributed by atoms with van der Waals surface area (Å²) < 4.78 is 2.58. The van der Waals surface area contributed by atoms with Gasteiger partial charge in [0.15, 0.2) is 5.65 Å². The molecule has 172 valence electrons. The van der Waals surface area contributed by atoms with E-state index in [9.17, 15) is 4.79 Å². The summed E-state index contributed by atoms with van der Waals surface area (Å²) in [6.45, 7) is 1.32. The van der Waals surface area contributed by atoms with Gasteiger partial charge in [0.05, 0.1) is 16.4 Å². The number of fused-ring (bicyclic) bond motifs is 2. The van der Waals surface area contributed by atoms with E-state index in [0.717, 1.165) is 51.8 Å². The maximum atomic E-state index is 12.4. The molecule has 9 heteroatoms. The lowest BCUT2D eigenvalue weighted by molar-refractivity contribution is 0.0949. The number of aromatic nitrogens is 4. The molecule has 34 heavy (non-hydrogen) atoms. The SMILES string of the molecule is O=C(NCCCCNc1cc(-c2ccccc2Cl)nc2c(Br)cnn12)c1cc2ccccc2[nH]1. The summed E-state index contributed by atoms with van der Waals surface area (Å²) in [5, 5.41) is 12.5. The minimum atomic E-state index is -0.0919. The number of carbonyl (C=O) groups is 1. The van der Waals surface area contributed by atoms with E-state index in [2.05, 4.69) is 36.6 Å². The van der Waals surface area contributed by atoms with Gasteiger partial charge in [0.1, 0.15) is 11.5 Å². The smallest absolute Gasteiger partial charge is 0.267 e. The molecule has 3 aromatic heterocycles. The molecule has 0 radical (unpaired) electrons. The number of carbonyl (C=O) groups excluding carboxylic acids is 1. The van der Waals surface area contributed by atoms with Crippen LogP contribution in [0.4, 0.5) is 5.82 Å². The van der Waals surface area contributed by atoms with Gasteiger partial charge in [0, 0.05) is 40.6 Å². The molecule has 5 aromatic rings. The van der Waals surface area contributed by atoms with Crippen molar-refractivity contribution in [3.05, 3.63) is 82.0 Å². The zero-order chi connectivity index (χ0) is 23.5. The highest BCUT2D eigenvalue weighted by molar-refractivity contribution is 9.10. The van der Waals surface area contributed by atoms with Crippen molar-refractivity contribution in [3.8, 4) is 11.3 Å². The lowest BCUT2D eigenvalue weighted by atomic mass is 10.1. The van der Waals surface area contributed by atoms with E-state index in [-0.39, 0.29) is 5.91 Å². The Hall–Kier alpha value is -3.36. The average Bonchev–Trinajstić information content (AvgIpc) is 3.45. The van der Waals surface area contributed by atoms with E-state index in [1.807, 2.05) is 60.7 Å². The van der Waals surface area contributed by atoms with Gasteiger partial charge in [0.2, 0.25) is 0 Å². The summed E-state index contributed by atoms with van der Waals surface area (Å²) >= 11 is 9.92. The predicted molar refractivity (Wildman–Crippen MR) is 139 cm³/mol. The van der Waals surface area contributed by atoms with Gasteiger partial charge in [-0.25, -0.2) is 4.98 Å². The normalized spacial score (nSPS) is 11.2. The van der Waals surface area contributed by atoms with Crippen molar-refractivity contribution in [2.45, 2.75) is 12.8 Å². The van der Waals surface area contributed by atoms with Crippen LogP contribution in [0.5, 0.6) is 0 Å². The maximum absolute atomic E-state index is 12.4. The number of para-hydroxylation sites is 1. The molecule has 0 saturated carbocycles. The number of anilines is 1. The van der Waals surface area contributed by atoms with Crippen molar-refractivity contribution in [1.29, 1.82) is 0 Å². The van der Waals surface area contributed by atoms with Gasteiger partial charge in [-0.15, -0.1) is 0 Å². The molecule has 0 saturated heterocycles. The minimum Gasteiger partial charge on any atom is -0.370 e. The Morgan fingerprint density at radius 1 is 1.06 bits per heavy atom. The van der Waals surface area contributed by atoms with Crippen molar-refractivity contribution in [3.63, 3.8) is 0 Å². The number of hydrogen-bond donors (Lipinski definition) is 3. The molecular formula is C25H22BrClN6O. The highest BCUT2D eigenvalue weighted by atomic mass is 79.9. The predicted octanol–water partition coefficient (Wildman–Crippen LogP) is 5.92. The number of aromatic amines is 1. The summed E-state index contributed by atoms with van der Waals surface area (Å²) in [5.41, 5.74) is 3.89. The molecule has 0 unspecified atom stereocenters. The zero-order valence-corrected chi connectivity index (χ0v) is 20.5. The molecule has 0 bridgehead atoms. The fourth-order valence-electron chi connectivity index (χ4n) is 3.83. The van der Waals surface area contributed by atoms with Crippen LogP contribution in [-0.4, -0.2) is 38.6 Å². The molecular weight excluding hydrogens is 516 g/mol. The number of amides is 1. The maximum Gasteiger partial charge on any atom is 0.267 e. The third kappa shape index (κ3) is 4.64. The van der Waals surface area contributed by atoms with Gasteiger partial charge < -0.3 is 15.6 Å². The molecule has 7 nitrogen and oxygen atoms in total. The quantitative estimate of drug-likeness (QED) is 0.215. The molecule has 0 spiro atoms. The van der Waals surface area contributed by atoms with Crippen molar-refractivity contribution in [2.24, 2.45) is 0 Å². The van der Waals surface area contributed by atoms with E-state index < -0.39 is 0 Å². The summed E-state index contributed by atoms with van der Waals surface area (Å²) in [4.78, 5) is 20.3. The van der Waals surface area contributed by atoms with Crippen molar-refractivity contribution in [2.75, 3.05) is 18.4 Å². The number of unbranched alkanes of at least 4 members (excludes halogenated alkanes) is 1. The van der Waals surface area contributed by atoms with Crippen molar-refractivity contribution >= 4 is 55.8 Å². The van der Waals surface area contributed by atoms with Gasteiger partial charge in [-0.3, -0.25) is 4.79 Å². The van der Waals surface area contributed by atoms with Crippen LogP contribution in [0.1, 0.15) is 23.3 Å². The van der Waals surface area contributed by atoms with E-state index in [4.69, 9.17) is 16.6 Å². The first-order chi connectivity index (χ1) is 16.6. The number of hydrogen-bond acceptors (Lipinski definition) is 4. The van der Waals surface area contributed by atoms with Crippen LogP contribution in [0.3, 0.4) is 0 Å². The summed E-state index contributed by atoms with van der Waals surface area (Å²) in [5.74, 6) is 0.735. The Morgan fingerprint density at radius 2 is 1.85 bits per heavy atom. The molecule has 2 aromatic carbocycles. The second kappa shape index (κ2) is 9.87. The third-order valence-electron chi connectivity index (χ3n) is 5.55. The number of halogens is 2. The summed E-state index contributed by atoms with van der Waals surface area (Å²) in [6.07, 6.45) is 3.44. The third-order valence-corrected chi connectivity index (χ3v) is 6.44. The number of H-pyrrole nitrogens is 1. The first-order valence-corrected chi connectivity index (χ1v) is 12.2. The second-order valence-corrected chi connectivity index (χ2v) is 9.16. The molecule has 1 amide bonds. The molecule has 0 aliphatic carbocycles. The Labute approximate surface area is 209 Å². The Balaban J connectivity index is 1.19. The summed E-state index contributed by atoms with van der Waals surface area (Å²) in [6, 6.07) is 19.3. The number of benzene rings is 2. The van der Waals surface area contributed by atoms with Crippen LogP contribution in [-0.2, 0) is 0 Å². The molecule has 3 N–H and O–H groups in total. The fraction of sp³-hybridized carbons (Fsp3) is 0.160. The lowest BCUT2D eigenvalue weighted by Gasteiger charge is -2.12. The van der Waals surface area contributed by atoms with E-state index in [1.165, 1.54) is 0 Å². The lowest BCUT2D eigenvalue weighted by Crippen LogP contribution is -2.25. The van der Waals surface area contributed by atoms with Crippen LogP contribution in [0, 0.1) is 0 Å². The van der Waals surface area contributed by atoms with Gasteiger partial charge in [-0.2, -0.15) is 9.61 Å². The highest BCUT2D eigenvalue weighted by Gasteiger charge is 2.13. The molecule has 0 aliphatic heterocycles. The standard InChI is InChI=1S/C25H22BrClN6O/c26-18-15-30-33-23(14-21(32-24(18)33)17-8-2-3-9-19(17)27)28-11-5-6-12-29-25(34)22-13-16-7-1-4-10-20(16)31-22/h1-4,7-10,13-15,28,31H,5-6,11-12H2,(H,29,34). The van der Waals surface area contributed by atoms with Gasteiger partial charge in [-0.1, -0.05) is 48.0 Å².